The Labute approximate surface area is 155 Å². The van der Waals surface area contributed by atoms with Gasteiger partial charge in [-0.2, -0.15) is 0 Å². The molecule has 0 saturated heterocycles. The van der Waals surface area contributed by atoms with Crippen molar-refractivity contribution in [1.29, 1.82) is 5.41 Å². The Hall–Kier alpha value is -3.87. The van der Waals surface area contributed by atoms with E-state index < -0.39 is 0 Å². The number of nitrogens with one attached hydrogen (secondary N) is 2. The number of hydrogen-bond acceptors (Lipinski definition) is 7. The smallest absolute Gasteiger partial charge is 0.223 e. The molecule has 0 spiro atoms. The van der Waals surface area contributed by atoms with E-state index in [0.717, 1.165) is 22.0 Å². The molecule has 4 N–H and O–H groups in total. The SMILES string of the molecule is N=Cc1c(N)ncnc1-c1ccc2nc(NCc3ccccc3)ncc2c1. The van der Waals surface area contributed by atoms with Gasteiger partial charge in [0.2, 0.25) is 5.95 Å². The first-order valence-corrected chi connectivity index (χ1v) is 8.40. The number of aromatic nitrogens is 4. The van der Waals surface area contributed by atoms with Gasteiger partial charge in [0.25, 0.3) is 0 Å². The molecule has 0 atom stereocenters. The Balaban J connectivity index is 1.63. The molecule has 7 heteroatoms. The zero-order valence-electron chi connectivity index (χ0n) is 14.4. The van der Waals surface area contributed by atoms with Crippen LogP contribution in [0.25, 0.3) is 22.2 Å². The molecule has 2 aromatic carbocycles. The van der Waals surface area contributed by atoms with E-state index in [1.54, 1.807) is 6.20 Å². The van der Waals surface area contributed by atoms with Crippen molar-refractivity contribution in [2.45, 2.75) is 6.54 Å². The minimum absolute atomic E-state index is 0.284. The highest BCUT2D eigenvalue weighted by Gasteiger charge is 2.10. The molecule has 0 fully saturated rings. The van der Waals surface area contributed by atoms with Crippen LogP contribution >= 0.6 is 0 Å². The molecule has 0 aliphatic carbocycles. The van der Waals surface area contributed by atoms with Gasteiger partial charge >= 0.3 is 0 Å². The van der Waals surface area contributed by atoms with Crippen molar-refractivity contribution in [3.8, 4) is 11.3 Å². The molecule has 4 rings (SSSR count). The van der Waals surface area contributed by atoms with E-state index in [0.29, 0.717) is 23.8 Å². The van der Waals surface area contributed by atoms with E-state index in [2.05, 4.69) is 37.4 Å². The summed E-state index contributed by atoms with van der Waals surface area (Å²) in [6.07, 6.45) is 4.34. The predicted octanol–water partition coefficient (Wildman–Crippen LogP) is 3.28. The van der Waals surface area contributed by atoms with Crippen molar-refractivity contribution in [2.75, 3.05) is 11.1 Å². The molecule has 4 aromatic rings. The second-order valence-corrected chi connectivity index (χ2v) is 5.97. The van der Waals surface area contributed by atoms with Crippen LogP contribution in [0.15, 0.2) is 61.1 Å². The Bertz CT molecular complexity index is 1110. The maximum atomic E-state index is 7.56. The largest absolute Gasteiger partial charge is 0.383 e. The van der Waals surface area contributed by atoms with Crippen molar-refractivity contribution >= 4 is 28.9 Å². The first-order chi connectivity index (χ1) is 13.2. The van der Waals surface area contributed by atoms with Crippen LogP contribution in [0.2, 0.25) is 0 Å². The van der Waals surface area contributed by atoms with Crippen LogP contribution in [-0.2, 0) is 6.54 Å². The molecular formula is C20H17N7. The number of anilines is 2. The molecule has 0 radical (unpaired) electrons. The van der Waals surface area contributed by atoms with E-state index in [-0.39, 0.29) is 5.82 Å². The third kappa shape index (κ3) is 3.43. The van der Waals surface area contributed by atoms with E-state index in [1.807, 2.05) is 36.4 Å². The third-order valence-electron chi connectivity index (χ3n) is 4.21. The second kappa shape index (κ2) is 7.17. The monoisotopic (exact) mass is 355 g/mol. The molecule has 2 heterocycles. The predicted molar refractivity (Wildman–Crippen MR) is 107 cm³/mol. The maximum absolute atomic E-state index is 7.56. The normalized spacial score (nSPS) is 10.7. The van der Waals surface area contributed by atoms with Crippen LogP contribution < -0.4 is 11.1 Å². The van der Waals surface area contributed by atoms with Crippen molar-refractivity contribution < 1.29 is 0 Å². The fourth-order valence-corrected chi connectivity index (χ4v) is 2.82. The molecule has 0 aliphatic heterocycles. The van der Waals surface area contributed by atoms with Crippen LogP contribution in [-0.4, -0.2) is 26.2 Å². The molecule has 132 valence electrons. The van der Waals surface area contributed by atoms with Gasteiger partial charge < -0.3 is 16.5 Å². The van der Waals surface area contributed by atoms with Gasteiger partial charge in [-0.05, 0) is 17.7 Å². The second-order valence-electron chi connectivity index (χ2n) is 5.97. The number of nitrogens with zero attached hydrogens (tertiary/aromatic N) is 4. The lowest BCUT2D eigenvalue weighted by Gasteiger charge is -2.09. The van der Waals surface area contributed by atoms with Gasteiger partial charge in [0.15, 0.2) is 0 Å². The first kappa shape index (κ1) is 16.6. The third-order valence-corrected chi connectivity index (χ3v) is 4.21. The number of benzene rings is 2. The summed E-state index contributed by atoms with van der Waals surface area (Å²) in [6, 6.07) is 15.8. The van der Waals surface area contributed by atoms with E-state index in [9.17, 15) is 0 Å². The quantitative estimate of drug-likeness (QED) is 0.473. The average molecular weight is 355 g/mol. The number of rotatable bonds is 5. The molecule has 2 aromatic heterocycles. The zero-order valence-corrected chi connectivity index (χ0v) is 14.4. The summed E-state index contributed by atoms with van der Waals surface area (Å²) < 4.78 is 0. The van der Waals surface area contributed by atoms with Crippen LogP contribution in [0, 0.1) is 5.41 Å². The highest BCUT2D eigenvalue weighted by molar-refractivity contribution is 5.94. The van der Waals surface area contributed by atoms with E-state index >= 15 is 0 Å². The van der Waals surface area contributed by atoms with Gasteiger partial charge in [-0.15, -0.1) is 0 Å². The minimum Gasteiger partial charge on any atom is -0.383 e. The average Bonchev–Trinajstić information content (AvgIpc) is 2.72. The van der Waals surface area contributed by atoms with Gasteiger partial charge in [0.1, 0.15) is 12.1 Å². The summed E-state index contributed by atoms with van der Waals surface area (Å²) in [5.41, 5.74) is 9.79. The van der Waals surface area contributed by atoms with Crippen LogP contribution in [0.5, 0.6) is 0 Å². The lowest BCUT2D eigenvalue weighted by Crippen LogP contribution is -2.03. The molecule has 0 bridgehead atoms. The fraction of sp³-hybridized carbons (Fsp3) is 0.0500. The fourth-order valence-electron chi connectivity index (χ4n) is 2.82. The van der Waals surface area contributed by atoms with Crippen LogP contribution in [0.4, 0.5) is 11.8 Å². The van der Waals surface area contributed by atoms with Gasteiger partial charge in [-0.3, -0.25) is 0 Å². The standard InChI is InChI=1S/C20H17N7/c21-9-16-18(25-12-26-19(16)22)14-6-7-17-15(8-14)11-24-20(27-17)23-10-13-4-2-1-3-5-13/h1-9,11-12,21H,10H2,(H2,22,25,26)(H,23,24,27). The zero-order chi connectivity index (χ0) is 18.6. The highest BCUT2D eigenvalue weighted by Crippen LogP contribution is 2.26. The molecule has 27 heavy (non-hydrogen) atoms. The van der Waals surface area contributed by atoms with Crippen LogP contribution in [0.3, 0.4) is 0 Å². The van der Waals surface area contributed by atoms with Gasteiger partial charge in [-0.1, -0.05) is 36.4 Å². The molecule has 7 nitrogen and oxygen atoms in total. The molecule has 0 aliphatic rings. The highest BCUT2D eigenvalue weighted by atomic mass is 15.1. The molecular weight excluding hydrogens is 338 g/mol. The van der Waals surface area contributed by atoms with E-state index in [1.165, 1.54) is 12.5 Å². The van der Waals surface area contributed by atoms with Gasteiger partial charge in [0.05, 0.1) is 16.8 Å². The van der Waals surface area contributed by atoms with Gasteiger partial charge in [0, 0.05) is 29.9 Å². The number of hydrogen-bond donors (Lipinski definition) is 3. The lowest BCUT2D eigenvalue weighted by molar-refractivity contribution is 1.07. The topological polar surface area (TPSA) is 113 Å². The van der Waals surface area contributed by atoms with Crippen molar-refractivity contribution in [3.63, 3.8) is 0 Å². The summed E-state index contributed by atoms with van der Waals surface area (Å²) >= 11 is 0. The summed E-state index contributed by atoms with van der Waals surface area (Å²) in [5, 5.41) is 11.7. The summed E-state index contributed by atoms with van der Waals surface area (Å²) in [7, 11) is 0. The Kier molecular flexibility index (Phi) is 4.40. The maximum Gasteiger partial charge on any atom is 0.223 e. The Morgan fingerprint density at radius 3 is 2.70 bits per heavy atom. The number of nitrogens with two attached hydrogens (primary N) is 1. The summed E-state index contributed by atoms with van der Waals surface area (Å²) in [4.78, 5) is 17.2. The summed E-state index contributed by atoms with van der Waals surface area (Å²) in [5.74, 6) is 0.859. The molecule has 0 amide bonds. The molecule has 0 saturated carbocycles. The van der Waals surface area contributed by atoms with Crippen molar-refractivity contribution in [3.05, 3.63) is 72.2 Å². The summed E-state index contributed by atoms with van der Waals surface area (Å²) in [6.45, 7) is 0.660. The van der Waals surface area contributed by atoms with Crippen molar-refractivity contribution in [2.24, 2.45) is 0 Å². The van der Waals surface area contributed by atoms with Crippen LogP contribution in [0.1, 0.15) is 11.1 Å². The minimum atomic E-state index is 0.284. The number of fused-ring (bicyclic) bond motifs is 1. The Morgan fingerprint density at radius 1 is 1.04 bits per heavy atom. The molecule has 0 unspecified atom stereocenters. The number of nitrogen functional groups attached to an aromatic ring is 1. The Morgan fingerprint density at radius 2 is 1.89 bits per heavy atom. The van der Waals surface area contributed by atoms with Crippen molar-refractivity contribution in [1.82, 2.24) is 19.9 Å². The lowest BCUT2D eigenvalue weighted by atomic mass is 10.1. The van der Waals surface area contributed by atoms with E-state index in [4.69, 9.17) is 11.1 Å². The first-order valence-electron chi connectivity index (χ1n) is 8.40. The van der Waals surface area contributed by atoms with Gasteiger partial charge in [-0.25, -0.2) is 19.9 Å².